The molecule has 1 saturated heterocycles. The van der Waals surface area contributed by atoms with Crippen molar-refractivity contribution < 1.29 is 4.79 Å². The molecule has 1 heterocycles. The van der Waals surface area contributed by atoms with E-state index in [-0.39, 0.29) is 0 Å². The van der Waals surface area contributed by atoms with Crippen molar-refractivity contribution in [1.29, 1.82) is 0 Å². The summed E-state index contributed by atoms with van der Waals surface area (Å²) in [7, 11) is 0. The van der Waals surface area contributed by atoms with Gasteiger partial charge in [-0.2, -0.15) is 0 Å². The van der Waals surface area contributed by atoms with Crippen molar-refractivity contribution in [3.8, 4) is 0 Å². The Balaban J connectivity index is 1.83. The van der Waals surface area contributed by atoms with Crippen molar-refractivity contribution in [1.82, 2.24) is 10.2 Å². The van der Waals surface area contributed by atoms with Gasteiger partial charge in [0.05, 0.1) is 0 Å². The quantitative estimate of drug-likeness (QED) is 0.848. The van der Waals surface area contributed by atoms with E-state index in [2.05, 4.69) is 24.1 Å². The zero-order chi connectivity index (χ0) is 13.7. The minimum absolute atomic E-state index is 0.313. The number of nitrogens with one attached hydrogen (secondary N) is 1. The van der Waals surface area contributed by atoms with Gasteiger partial charge in [0.15, 0.2) is 0 Å². The third kappa shape index (κ3) is 4.20. The molecule has 0 bridgehead atoms. The predicted octanol–water partition coefficient (Wildman–Crippen LogP) is 2.66. The highest BCUT2D eigenvalue weighted by Gasteiger charge is 2.28. The van der Waals surface area contributed by atoms with Crippen molar-refractivity contribution in [3.63, 3.8) is 0 Å². The molecule has 3 nitrogen and oxygen atoms in total. The Morgan fingerprint density at radius 2 is 1.95 bits per heavy atom. The van der Waals surface area contributed by atoms with E-state index in [9.17, 15) is 4.79 Å². The third-order valence-electron chi connectivity index (χ3n) is 4.94. The van der Waals surface area contributed by atoms with Crippen LogP contribution in [-0.2, 0) is 4.79 Å². The van der Waals surface area contributed by atoms with Crippen LogP contribution in [0, 0.1) is 17.8 Å². The summed E-state index contributed by atoms with van der Waals surface area (Å²) in [6.45, 7) is 8.52. The van der Waals surface area contributed by atoms with Gasteiger partial charge in [0, 0.05) is 19.0 Å². The molecule has 2 fully saturated rings. The first kappa shape index (κ1) is 14.8. The fourth-order valence-corrected chi connectivity index (χ4v) is 3.53. The zero-order valence-electron chi connectivity index (χ0n) is 12.7. The molecule has 1 aliphatic carbocycles. The van der Waals surface area contributed by atoms with Gasteiger partial charge in [-0.05, 0) is 70.4 Å². The maximum atomic E-state index is 12.6. The van der Waals surface area contributed by atoms with Gasteiger partial charge in [-0.15, -0.1) is 0 Å². The first-order valence-corrected chi connectivity index (χ1v) is 8.20. The highest BCUT2D eigenvalue weighted by Crippen LogP contribution is 2.29. The molecule has 2 rings (SSSR count). The SMILES string of the molecule is CCN(CC1CCCNC1)C(=O)C1CCC(C)CC1. The summed E-state index contributed by atoms with van der Waals surface area (Å²) in [5, 5.41) is 3.45. The molecule has 1 aliphatic heterocycles. The second-order valence-electron chi connectivity index (χ2n) is 6.55. The third-order valence-corrected chi connectivity index (χ3v) is 4.94. The number of hydrogen-bond donors (Lipinski definition) is 1. The van der Waals surface area contributed by atoms with E-state index < -0.39 is 0 Å². The Hall–Kier alpha value is -0.570. The van der Waals surface area contributed by atoms with E-state index in [1.165, 1.54) is 25.7 Å². The Morgan fingerprint density at radius 1 is 1.21 bits per heavy atom. The van der Waals surface area contributed by atoms with Gasteiger partial charge in [0.1, 0.15) is 0 Å². The van der Waals surface area contributed by atoms with Crippen LogP contribution >= 0.6 is 0 Å². The lowest BCUT2D eigenvalue weighted by atomic mass is 9.82. The minimum Gasteiger partial charge on any atom is -0.342 e. The van der Waals surface area contributed by atoms with Crippen LogP contribution < -0.4 is 5.32 Å². The highest BCUT2D eigenvalue weighted by molar-refractivity contribution is 5.78. The fraction of sp³-hybridized carbons (Fsp3) is 0.938. The molecule has 0 aromatic heterocycles. The Morgan fingerprint density at radius 3 is 2.53 bits per heavy atom. The lowest BCUT2D eigenvalue weighted by Gasteiger charge is -2.34. The van der Waals surface area contributed by atoms with Crippen molar-refractivity contribution in [3.05, 3.63) is 0 Å². The molecule has 0 spiro atoms. The summed E-state index contributed by atoms with van der Waals surface area (Å²) in [4.78, 5) is 14.7. The highest BCUT2D eigenvalue weighted by atomic mass is 16.2. The van der Waals surface area contributed by atoms with Crippen molar-refractivity contribution in [2.45, 2.75) is 52.4 Å². The van der Waals surface area contributed by atoms with Gasteiger partial charge in [-0.3, -0.25) is 4.79 Å². The molecule has 3 heteroatoms. The smallest absolute Gasteiger partial charge is 0.225 e. The molecule has 0 aromatic carbocycles. The molecule has 1 N–H and O–H groups in total. The first-order chi connectivity index (χ1) is 9.20. The summed E-state index contributed by atoms with van der Waals surface area (Å²) >= 11 is 0. The minimum atomic E-state index is 0.313. The van der Waals surface area contributed by atoms with Crippen LogP contribution in [0.1, 0.15) is 52.4 Å². The summed E-state index contributed by atoms with van der Waals surface area (Å²) in [5.41, 5.74) is 0. The summed E-state index contributed by atoms with van der Waals surface area (Å²) < 4.78 is 0. The van der Waals surface area contributed by atoms with Crippen molar-refractivity contribution in [2.24, 2.45) is 17.8 Å². The molecule has 1 amide bonds. The van der Waals surface area contributed by atoms with Crippen LogP contribution in [0.15, 0.2) is 0 Å². The first-order valence-electron chi connectivity index (χ1n) is 8.20. The molecule has 19 heavy (non-hydrogen) atoms. The maximum Gasteiger partial charge on any atom is 0.225 e. The zero-order valence-corrected chi connectivity index (χ0v) is 12.7. The van der Waals surface area contributed by atoms with Crippen LogP contribution in [0.5, 0.6) is 0 Å². The van der Waals surface area contributed by atoms with Crippen LogP contribution in [-0.4, -0.2) is 37.0 Å². The Kier molecular flexibility index (Phi) is 5.68. The van der Waals surface area contributed by atoms with Gasteiger partial charge in [0.2, 0.25) is 5.91 Å². The van der Waals surface area contributed by atoms with Crippen molar-refractivity contribution in [2.75, 3.05) is 26.2 Å². The number of carbonyl (C=O) groups excluding carboxylic acids is 1. The second kappa shape index (κ2) is 7.28. The topological polar surface area (TPSA) is 32.3 Å². The van der Waals surface area contributed by atoms with E-state index in [1.807, 2.05) is 0 Å². The lowest BCUT2D eigenvalue weighted by Crippen LogP contribution is -2.43. The molecular formula is C16H30N2O. The van der Waals surface area contributed by atoms with E-state index >= 15 is 0 Å². The largest absolute Gasteiger partial charge is 0.342 e. The molecular weight excluding hydrogens is 236 g/mol. The summed E-state index contributed by atoms with van der Waals surface area (Å²) in [6, 6.07) is 0. The average molecular weight is 266 g/mol. The van der Waals surface area contributed by atoms with Gasteiger partial charge >= 0.3 is 0 Å². The van der Waals surface area contributed by atoms with Crippen LogP contribution in [0.2, 0.25) is 0 Å². The predicted molar refractivity (Wildman–Crippen MR) is 79.0 cm³/mol. The van der Waals surface area contributed by atoms with Gasteiger partial charge in [-0.1, -0.05) is 6.92 Å². The molecule has 0 aromatic rings. The van der Waals surface area contributed by atoms with E-state index in [4.69, 9.17) is 0 Å². The fourth-order valence-electron chi connectivity index (χ4n) is 3.53. The number of nitrogens with zero attached hydrogens (tertiary/aromatic N) is 1. The molecule has 1 atom stereocenters. The van der Waals surface area contributed by atoms with Gasteiger partial charge in [-0.25, -0.2) is 0 Å². The molecule has 0 radical (unpaired) electrons. The second-order valence-corrected chi connectivity index (χ2v) is 6.55. The van der Waals surface area contributed by atoms with Crippen LogP contribution in [0.3, 0.4) is 0 Å². The van der Waals surface area contributed by atoms with E-state index in [1.54, 1.807) is 0 Å². The number of rotatable bonds is 4. The average Bonchev–Trinajstić information content (AvgIpc) is 2.46. The molecule has 1 saturated carbocycles. The van der Waals surface area contributed by atoms with E-state index in [0.29, 0.717) is 17.7 Å². The maximum absolute atomic E-state index is 12.6. The number of hydrogen-bond acceptors (Lipinski definition) is 2. The summed E-state index contributed by atoms with van der Waals surface area (Å²) in [5.74, 6) is 2.23. The Labute approximate surface area is 118 Å². The Bertz CT molecular complexity index is 278. The van der Waals surface area contributed by atoms with E-state index in [0.717, 1.165) is 44.9 Å². The van der Waals surface area contributed by atoms with Gasteiger partial charge < -0.3 is 10.2 Å². The number of amides is 1. The molecule has 1 unspecified atom stereocenters. The monoisotopic (exact) mass is 266 g/mol. The molecule has 110 valence electrons. The normalized spacial score (nSPS) is 32.0. The number of carbonyl (C=O) groups is 1. The van der Waals surface area contributed by atoms with Gasteiger partial charge in [0.25, 0.3) is 0 Å². The standard InChI is InChI=1S/C16H30N2O/c1-3-18(12-14-5-4-10-17-11-14)16(19)15-8-6-13(2)7-9-15/h13-15,17H,3-12H2,1-2H3. The van der Waals surface area contributed by atoms with Crippen LogP contribution in [0.4, 0.5) is 0 Å². The lowest BCUT2D eigenvalue weighted by molar-refractivity contribution is -0.137. The number of piperidine rings is 1. The van der Waals surface area contributed by atoms with Crippen LogP contribution in [0.25, 0.3) is 0 Å². The molecule has 2 aliphatic rings. The van der Waals surface area contributed by atoms with Crippen molar-refractivity contribution >= 4 is 5.91 Å². The summed E-state index contributed by atoms with van der Waals surface area (Å²) in [6.07, 6.45) is 7.23.